The van der Waals surface area contributed by atoms with E-state index in [1.165, 1.54) is 9.75 Å². The summed E-state index contributed by atoms with van der Waals surface area (Å²) in [6.45, 7) is 12.3. The van der Waals surface area contributed by atoms with Gasteiger partial charge < -0.3 is 10.1 Å². The zero-order chi connectivity index (χ0) is 15.2. The molecular weight excluding hydrogens is 266 g/mol. The lowest BCUT2D eigenvalue weighted by atomic mass is 9.83. The molecule has 0 aliphatic rings. The first-order chi connectivity index (χ1) is 9.42. The van der Waals surface area contributed by atoms with Crippen molar-refractivity contribution in [1.82, 2.24) is 5.32 Å². The second-order valence-electron chi connectivity index (χ2n) is 6.51. The zero-order valence-electron chi connectivity index (χ0n) is 14.0. The second kappa shape index (κ2) is 8.16. The summed E-state index contributed by atoms with van der Waals surface area (Å²) in [5.41, 5.74) is 0.144. The highest BCUT2D eigenvalue weighted by Gasteiger charge is 2.32. The van der Waals surface area contributed by atoms with Gasteiger partial charge in [0.1, 0.15) is 0 Å². The van der Waals surface area contributed by atoms with Crippen LogP contribution in [0.4, 0.5) is 0 Å². The van der Waals surface area contributed by atoms with Gasteiger partial charge in [-0.25, -0.2) is 0 Å². The smallest absolute Gasteiger partial charge is 0.0775 e. The van der Waals surface area contributed by atoms with E-state index < -0.39 is 0 Å². The van der Waals surface area contributed by atoms with Gasteiger partial charge in [-0.1, -0.05) is 34.6 Å². The Hall–Kier alpha value is -0.380. The van der Waals surface area contributed by atoms with Crippen molar-refractivity contribution in [3.05, 3.63) is 21.9 Å². The number of nitrogens with one attached hydrogen (secondary N) is 1. The topological polar surface area (TPSA) is 21.3 Å². The molecule has 20 heavy (non-hydrogen) atoms. The molecule has 116 valence electrons. The molecule has 0 amide bonds. The van der Waals surface area contributed by atoms with Crippen molar-refractivity contribution in [2.75, 3.05) is 13.7 Å². The van der Waals surface area contributed by atoms with E-state index in [1.54, 1.807) is 0 Å². The molecule has 1 rings (SSSR count). The van der Waals surface area contributed by atoms with Crippen LogP contribution in [0.25, 0.3) is 0 Å². The van der Waals surface area contributed by atoms with Crippen molar-refractivity contribution in [2.45, 2.75) is 66.0 Å². The summed E-state index contributed by atoms with van der Waals surface area (Å²) in [5.74, 6) is 0. The Bertz CT molecular complexity index is 381. The quantitative estimate of drug-likeness (QED) is 0.773. The minimum absolute atomic E-state index is 0.144. The highest BCUT2D eigenvalue weighted by atomic mass is 32.1. The summed E-state index contributed by atoms with van der Waals surface area (Å²) in [7, 11) is 1.84. The van der Waals surface area contributed by atoms with Gasteiger partial charge in [-0.15, -0.1) is 11.3 Å². The van der Waals surface area contributed by atoms with Gasteiger partial charge in [-0.2, -0.15) is 0 Å². The first kappa shape index (κ1) is 17.7. The van der Waals surface area contributed by atoms with Gasteiger partial charge in [0, 0.05) is 22.9 Å². The van der Waals surface area contributed by atoms with Crippen LogP contribution in [0, 0.1) is 5.41 Å². The third kappa shape index (κ3) is 5.19. The van der Waals surface area contributed by atoms with E-state index in [9.17, 15) is 0 Å². The summed E-state index contributed by atoms with van der Waals surface area (Å²) < 4.78 is 5.82. The average Bonchev–Trinajstić information content (AvgIpc) is 2.82. The highest BCUT2D eigenvalue weighted by Crippen LogP contribution is 2.28. The fraction of sp³-hybridized carbons (Fsp3) is 0.765. The normalized spacial score (nSPS) is 15.3. The molecule has 0 fully saturated rings. The molecule has 2 nitrogen and oxygen atoms in total. The Morgan fingerprint density at radius 2 is 1.85 bits per heavy atom. The van der Waals surface area contributed by atoms with E-state index in [1.807, 2.05) is 18.4 Å². The largest absolute Gasteiger partial charge is 0.379 e. The van der Waals surface area contributed by atoms with E-state index in [0.717, 1.165) is 25.8 Å². The molecule has 0 spiro atoms. The van der Waals surface area contributed by atoms with Crippen molar-refractivity contribution >= 4 is 11.3 Å². The van der Waals surface area contributed by atoms with Gasteiger partial charge in [0.25, 0.3) is 0 Å². The molecule has 0 saturated carbocycles. The summed E-state index contributed by atoms with van der Waals surface area (Å²) in [5, 5.41) is 3.68. The van der Waals surface area contributed by atoms with Crippen LogP contribution in [-0.2, 0) is 17.6 Å². The lowest BCUT2D eigenvalue weighted by Gasteiger charge is -2.36. The fourth-order valence-corrected chi connectivity index (χ4v) is 3.69. The minimum atomic E-state index is 0.144. The van der Waals surface area contributed by atoms with E-state index in [0.29, 0.717) is 6.04 Å². The van der Waals surface area contributed by atoms with Crippen LogP contribution in [0.5, 0.6) is 0 Å². The predicted molar refractivity (Wildman–Crippen MR) is 89.7 cm³/mol. The van der Waals surface area contributed by atoms with E-state index in [2.05, 4.69) is 52.1 Å². The number of hydrogen-bond acceptors (Lipinski definition) is 3. The molecule has 0 saturated heterocycles. The lowest BCUT2D eigenvalue weighted by molar-refractivity contribution is -0.0107. The lowest BCUT2D eigenvalue weighted by Crippen LogP contribution is -2.49. The number of rotatable bonds is 8. The second-order valence-corrected chi connectivity index (χ2v) is 7.76. The van der Waals surface area contributed by atoms with Crippen LogP contribution in [0.1, 0.15) is 50.8 Å². The number of thiophene rings is 1. The van der Waals surface area contributed by atoms with Crippen LogP contribution >= 0.6 is 11.3 Å². The van der Waals surface area contributed by atoms with Crippen LogP contribution in [0.15, 0.2) is 12.1 Å². The van der Waals surface area contributed by atoms with Gasteiger partial charge in [-0.05, 0) is 43.4 Å². The molecule has 1 heterocycles. The van der Waals surface area contributed by atoms with Crippen molar-refractivity contribution in [3.8, 4) is 0 Å². The molecule has 0 bridgehead atoms. The summed E-state index contributed by atoms with van der Waals surface area (Å²) >= 11 is 1.94. The predicted octanol–water partition coefficient (Wildman–Crippen LogP) is 4.28. The van der Waals surface area contributed by atoms with Gasteiger partial charge >= 0.3 is 0 Å². The molecule has 0 radical (unpaired) electrons. The number of methoxy groups -OCH3 is 1. The maximum atomic E-state index is 5.82. The van der Waals surface area contributed by atoms with Gasteiger partial charge in [0.05, 0.1) is 6.10 Å². The molecule has 1 aromatic heterocycles. The molecule has 3 heteroatoms. The monoisotopic (exact) mass is 297 g/mol. The number of hydrogen-bond donors (Lipinski definition) is 1. The first-order valence-electron chi connectivity index (χ1n) is 7.76. The maximum absolute atomic E-state index is 5.82. The van der Waals surface area contributed by atoms with Crippen molar-refractivity contribution < 1.29 is 4.74 Å². The zero-order valence-corrected chi connectivity index (χ0v) is 14.8. The summed E-state index contributed by atoms with van der Waals surface area (Å²) in [4.78, 5) is 2.93. The first-order valence-corrected chi connectivity index (χ1v) is 8.57. The Kier molecular flexibility index (Phi) is 7.21. The molecule has 0 aliphatic heterocycles. The van der Waals surface area contributed by atoms with E-state index >= 15 is 0 Å². The van der Waals surface area contributed by atoms with Crippen LogP contribution in [0.3, 0.4) is 0 Å². The van der Waals surface area contributed by atoms with E-state index in [4.69, 9.17) is 4.74 Å². The highest BCUT2D eigenvalue weighted by molar-refractivity contribution is 7.11. The fourth-order valence-electron chi connectivity index (χ4n) is 2.68. The summed E-state index contributed by atoms with van der Waals surface area (Å²) in [6, 6.07) is 4.92. The third-order valence-electron chi connectivity index (χ3n) is 3.62. The van der Waals surface area contributed by atoms with E-state index in [-0.39, 0.29) is 11.5 Å². The molecule has 1 N–H and O–H groups in total. The molecule has 0 aliphatic carbocycles. The van der Waals surface area contributed by atoms with Crippen LogP contribution < -0.4 is 5.32 Å². The average molecular weight is 298 g/mol. The maximum Gasteiger partial charge on any atom is 0.0775 e. The number of ether oxygens (including phenoxy) is 1. The molecular formula is C17H31NOS. The third-order valence-corrected chi connectivity index (χ3v) is 4.87. The van der Waals surface area contributed by atoms with Gasteiger partial charge in [-0.3, -0.25) is 0 Å². The number of aryl methyl sites for hydroxylation is 1. The van der Waals surface area contributed by atoms with Crippen LogP contribution in [-0.4, -0.2) is 25.8 Å². The molecule has 1 aromatic rings. The Morgan fingerprint density at radius 1 is 1.20 bits per heavy atom. The molecule has 0 aromatic carbocycles. The molecule has 2 unspecified atom stereocenters. The Morgan fingerprint density at radius 3 is 2.30 bits per heavy atom. The minimum Gasteiger partial charge on any atom is -0.379 e. The SMILES string of the molecule is CCCNC(Cc1ccc(CC)s1)C(OC)C(C)(C)C. The summed E-state index contributed by atoms with van der Waals surface area (Å²) in [6.07, 6.45) is 3.56. The van der Waals surface area contributed by atoms with Crippen molar-refractivity contribution in [1.29, 1.82) is 0 Å². The van der Waals surface area contributed by atoms with Gasteiger partial charge in [0.2, 0.25) is 0 Å². The Labute approximate surface area is 128 Å². The van der Waals surface area contributed by atoms with Crippen molar-refractivity contribution in [2.24, 2.45) is 5.41 Å². The van der Waals surface area contributed by atoms with Gasteiger partial charge in [0.15, 0.2) is 0 Å². The van der Waals surface area contributed by atoms with Crippen molar-refractivity contribution in [3.63, 3.8) is 0 Å². The van der Waals surface area contributed by atoms with Crippen LogP contribution in [0.2, 0.25) is 0 Å². The molecule has 2 atom stereocenters. The standard InChI is InChI=1S/C17H31NOS/c1-7-11-18-15(16(19-6)17(3,4)5)12-14-10-9-13(8-2)20-14/h9-10,15-16,18H,7-8,11-12H2,1-6H3. The Balaban J connectivity index is 2.82.